The zero-order valence-corrected chi connectivity index (χ0v) is 11.1. The molecule has 0 spiro atoms. The Hall–Kier alpha value is -1.39. The predicted molar refractivity (Wildman–Crippen MR) is 70.2 cm³/mol. The summed E-state index contributed by atoms with van der Waals surface area (Å²) in [7, 11) is 0. The van der Waals surface area contributed by atoms with Crippen LogP contribution in [0.25, 0.3) is 0 Å². The number of carbonyl (C=O) groups is 1. The fraction of sp³-hybridized carbons (Fsp3) is 0.500. The Kier molecular flexibility index (Phi) is 5.31. The summed E-state index contributed by atoms with van der Waals surface area (Å²) in [4.78, 5) is 10.7. The summed E-state index contributed by atoms with van der Waals surface area (Å²) >= 11 is 0. The second-order valence-electron chi connectivity index (χ2n) is 4.57. The number of carbonyl (C=O) groups excluding carboxylic acids is 1. The summed E-state index contributed by atoms with van der Waals surface area (Å²) in [6, 6.07) is 5.64. The summed E-state index contributed by atoms with van der Waals surface area (Å²) in [6.45, 7) is 5.68. The first kappa shape index (κ1) is 14.7. The molecule has 0 bridgehead atoms. The Balaban J connectivity index is 2.65. The van der Waals surface area contributed by atoms with Crippen LogP contribution in [-0.2, 0) is 4.79 Å². The van der Waals surface area contributed by atoms with Crippen molar-refractivity contribution in [3.63, 3.8) is 0 Å². The molecule has 0 heterocycles. The number of hydrogen-bond acceptors (Lipinski definition) is 3. The summed E-state index contributed by atoms with van der Waals surface area (Å²) in [5, 5.41) is 22.6. The highest BCUT2D eigenvalue weighted by molar-refractivity contribution is 5.72. The van der Waals surface area contributed by atoms with E-state index in [1.807, 2.05) is 32.0 Å². The van der Waals surface area contributed by atoms with Crippen molar-refractivity contribution in [2.24, 2.45) is 0 Å². The first-order valence-electron chi connectivity index (χ1n) is 6.10. The molecule has 0 fully saturated rings. The van der Waals surface area contributed by atoms with E-state index in [0.717, 1.165) is 16.7 Å². The van der Waals surface area contributed by atoms with E-state index in [1.165, 1.54) is 6.92 Å². The summed E-state index contributed by atoms with van der Waals surface area (Å²) in [6.07, 6.45) is -1.47. The van der Waals surface area contributed by atoms with E-state index in [2.05, 4.69) is 5.32 Å². The Bertz CT molecular complexity index is 418. The van der Waals surface area contributed by atoms with E-state index in [-0.39, 0.29) is 5.91 Å². The summed E-state index contributed by atoms with van der Waals surface area (Å²) in [5.41, 5.74) is 2.81. The van der Waals surface area contributed by atoms with E-state index in [1.54, 1.807) is 0 Å². The molecule has 0 aliphatic rings. The standard InChI is InChI=1S/C14H21NO3/c1-9-5-4-6-12(10(9)2)14(18)13(17)7-8-15-11(3)16/h4-6,13-14,17-18H,7-8H2,1-3H3,(H,15,16). The number of amides is 1. The zero-order chi connectivity index (χ0) is 13.7. The first-order chi connectivity index (χ1) is 8.43. The molecule has 3 N–H and O–H groups in total. The molecule has 4 heteroatoms. The number of aliphatic hydroxyl groups excluding tert-OH is 2. The van der Waals surface area contributed by atoms with Crippen LogP contribution in [0, 0.1) is 13.8 Å². The number of aryl methyl sites for hydroxylation is 1. The maximum absolute atomic E-state index is 10.7. The van der Waals surface area contributed by atoms with Crippen LogP contribution >= 0.6 is 0 Å². The number of rotatable bonds is 5. The van der Waals surface area contributed by atoms with Gasteiger partial charge in [-0.1, -0.05) is 18.2 Å². The van der Waals surface area contributed by atoms with Gasteiger partial charge >= 0.3 is 0 Å². The van der Waals surface area contributed by atoms with Gasteiger partial charge in [-0.2, -0.15) is 0 Å². The Labute approximate surface area is 108 Å². The van der Waals surface area contributed by atoms with Gasteiger partial charge in [0.2, 0.25) is 5.91 Å². The minimum Gasteiger partial charge on any atom is -0.390 e. The Morgan fingerprint density at radius 2 is 2.00 bits per heavy atom. The van der Waals surface area contributed by atoms with Crippen molar-refractivity contribution in [3.05, 3.63) is 34.9 Å². The highest BCUT2D eigenvalue weighted by Gasteiger charge is 2.20. The number of benzene rings is 1. The molecule has 1 aromatic carbocycles. The van der Waals surface area contributed by atoms with Gasteiger partial charge in [-0.3, -0.25) is 4.79 Å². The molecule has 0 saturated heterocycles. The van der Waals surface area contributed by atoms with Crippen molar-refractivity contribution < 1.29 is 15.0 Å². The van der Waals surface area contributed by atoms with Gasteiger partial charge < -0.3 is 15.5 Å². The van der Waals surface area contributed by atoms with E-state index in [0.29, 0.717) is 13.0 Å². The molecule has 1 amide bonds. The predicted octanol–water partition coefficient (Wildman–Crippen LogP) is 1.22. The van der Waals surface area contributed by atoms with Crippen LogP contribution in [0.4, 0.5) is 0 Å². The normalized spacial score (nSPS) is 14.1. The fourth-order valence-corrected chi connectivity index (χ4v) is 1.86. The first-order valence-corrected chi connectivity index (χ1v) is 6.10. The number of aliphatic hydroxyl groups is 2. The van der Waals surface area contributed by atoms with Crippen LogP contribution in [0.2, 0.25) is 0 Å². The molecule has 4 nitrogen and oxygen atoms in total. The van der Waals surface area contributed by atoms with Gasteiger partial charge in [0.15, 0.2) is 0 Å². The largest absolute Gasteiger partial charge is 0.390 e. The van der Waals surface area contributed by atoms with Crippen molar-refractivity contribution in [1.82, 2.24) is 5.32 Å². The molecular formula is C14H21NO3. The van der Waals surface area contributed by atoms with E-state index < -0.39 is 12.2 Å². The summed E-state index contributed by atoms with van der Waals surface area (Å²) in [5.74, 6) is -0.136. The highest BCUT2D eigenvalue weighted by atomic mass is 16.3. The summed E-state index contributed by atoms with van der Waals surface area (Å²) < 4.78 is 0. The number of hydrogen-bond donors (Lipinski definition) is 3. The Morgan fingerprint density at radius 3 is 2.61 bits per heavy atom. The van der Waals surface area contributed by atoms with Crippen LogP contribution in [0.3, 0.4) is 0 Å². The lowest BCUT2D eigenvalue weighted by Crippen LogP contribution is -2.28. The fourth-order valence-electron chi connectivity index (χ4n) is 1.86. The molecule has 1 aromatic rings. The molecule has 1 rings (SSSR count). The van der Waals surface area contributed by atoms with Gasteiger partial charge in [-0.05, 0) is 37.0 Å². The lowest BCUT2D eigenvalue weighted by atomic mass is 9.95. The van der Waals surface area contributed by atoms with Crippen molar-refractivity contribution >= 4 is 5.91 Å². The molecule has 0 saturated carbocycles. The third kappa shape index (κ3) is 3.82. The smallest absolute Gasteiger partial charge is 0.216 e. The molecule has 2 atom stereocenters. The average Bonchev–Trinajstić information content (AvgIpc) is 2.31. The molecule has 0 radical (unpaired) electrons. The highest BCUT2D eigenvalue weighted by Crippen LogP contribution is 2.24. The molecule has 0 aliphatic heterocycles. The van der Waals surface area contributed by atoms with Gasteiger partial charge in [-0.25, -0.2) is 0 Å². The third-order valence-corrected chi connectivity index (χ3v) is 3.14. The SMILES string of the molecule is CC(=O)NCCC(O)C(O)c1cccc(C)c1C. The van der Waals surface area contributed by atoms with Crippen molar-refractivity contribution in [2.45, 2.75) is 39.4 Å². The second kappa shape index (κ2) is 6.52. The second-order valence-corrected chi connectivity index (χ2v) is 4.57. The van der Waals surface area contributed by atoms with Crippen molar-refractivity contribution in [1.29, 1.82) is 0 Å². The quantitative estimate of drug-likeness (QED) is 0.737. The molecule has 2 unspecified atom stereocenters. The third-order valence-electron chi connectivity index (χ3n) is 3.14. The van der Waals surface area contributed by atoms with Gasteiger partial charge in [-0.15, -0.1) is 0 Å². The topological polar surface area (TPSA) is 69.6 Å². The molecular weight excluding hydrogens is 230 g/mol. The molecule has 18 heavy (non-hydrogen) atoms. The van der Waals surface area contributed by atoms with E-state index in [4.69, 9.17) is 0 Å². The van der Waals surface area contributed by atoms with Gasteiger partial charge in [0.1, 0.15) is 6.10 Å². The van der Waals surface area contributed by atoms with Crippen LogP contribution < -0.4 is 5.32 Å². The Morgan fingerprint density at radius 1 is 1.33 bits per heavy atom. The van der Waals surface area contributed by atoms with Crippen molar-refractivity contribution in [2.75, 3.05) is 6.54 Å². The van der Waals surface area contributed by atoms with Crippen LogP contribution in [0.15, 0.2) is 18.2 Å². The minimum atomic E-state index is -0.918. The van der Waals surface area contributed by atoms with Crippen LogP contribution in [0.5, 0.6) is 0 Å². The lowest BCUT2D eigenvalue weighted by molar-refractivity contribution is -0.119. The minimum absolute atomic E-state index is 0.136. The maximum Gasteiger partial charge on any atom is 0.216 e. The van der Waals surface area contributed by atoms with Crippen LogP contribution in [-0.4, -0.2) is 28.8 Å². The van der Waals surface area contributed by atoms with E-state index in [9.17, 15) is 15.0 Å². The van der Waals surface area contributed by atoms with Gasteiger partial charge in [0, 0.05) is 13.5 Å². The molecule has 0 aromatic heterocycles. The maximum atomic E-state index is 10.7. The molecule has 0 aliphatic carbocycles. The molecule has 100 valence electrons. The zero-order valence-electron chi connectivity index (χ0n) is 11.1. The monoisotopic (exact) mass is 251 g/mol. The van der Waals surface area contributed by atoms with Gasteiger partial charge in [0.25, 0.3) is 0 Å². The van der Waals surface area contributed by atoms with Crippen molar-refractivity contribution in [3.8, 4) is 0 Å². The lowest BCUT2D eigenvalue weighted by Gasteiger charge is -2.20. The average molecular weight is 251 g/mol. The van der Waals surface area contributed by atoms with Crippen LogP contribution in [0.1, 0.15) is 36.1 Å². The van der Waals surface area contributed by atoms with E-state index >= 15 is 0 Å². The number of nitrogens with one attached hydrogen (secondary N) is 1. The van der Waals surface area contributed by atoms with Gasteiger partial charge in [0.05, 0.1) is 6.10 Å².